The second-order valence-corrected chi connectivity index (χ2v) is 8.40. The SMILES string of the molecule is CCc1ccc(/C=C2/SC(=S)N(CCC3CCCCC3)C2=O)cc1. The van der Waals surface area contributed by atoms with Crippen LogP contribution in [0.4, 0.5) is 0 Å². The Morgan fingerprint density at radius 1 is 1.21 bits per heavy atom. The highest BCUT2D eigenvalue weighted by molar-refractivity contribution is 8.26. The van der Waals surface area contributed by atoms with Crippen molar-refractivity contribution in [2.45, 2.75) is 51.9 Å². The van der Waals surface area contributed by atoms with E-state index in [1.54, 1.807) is 4.90 Å². The van der Waals surface area contributed by atoms with Crippen molar-refractivity contribution in [2.75, 3.05) is 6.54 Å². The van der Waals surface area contributed by atoms with Gasteiger partial charge in [-0.3, -0.25) is 9.69 Å². The second-order valence-electron chi connectivity index (χ2n) is 6.72. The van der Waals surface area contributed by atoms with Crippen molar-refractivity contribution in [2.24, 2.45) is 5.92 Å². The Morgan fingerprint density at radius 2 is 1.92 bits per heavy atom. The van der Waals surface area contributed by atoms with Gasteiger partial charge < -0.3 is 0 Å². The maximum Gasteiger partial charge on any atom is 0.266 e. The third-order valence-corrected chi connectivity index (χ3v) is 6.42. The molecule has 24 heavy (non-hydrogen) atoms. The maximum absolute atomic E-state index is 12.7. The normalized spacial score (nSPS) is 21.0. The Labute approximate surface area is 154 Å². The van der Waals surface area contributed by atoms with Gasteiger partial charge in [-0.15, -0.1) is 0 Å². The Kier molecular flexibility index (Phi) is 6.12. The molecule has 4 heteroatoms. The van der Waals surface area contributed by atoms with E-state index in [4.69, 9.17) is 12.2 Å². The van der Waals surface area contributed by atoms with Crippen LogP contribution in [0, 0.1) is 5.92 Å². The summed E-state index contributed by atoms with van der Waals surface area (Å²) in [5.74, 6) is 0.856. The van der Waals surface area contributed by atoms with Crippen LogP contribution in [0.15, 0.2) is 29.2 Å². The van der Waals surface area contributed by atoms with Crippen LogP contribution in [-0.2, 0) is 11.2 Å². The van der Waals surface area contributed by atoms with E-state index < -0.39 is 0 Å². The van der Waals surface area contributed by atoms with Crippen LogP contribution in [0.3, 0.4) is 0 Å². The number of nitrogens with zero attached hydrogens (tertiary/aromatic N) is 1. The Hall–Kier alpha value is -1.13. The number of hydrogen-bond acceptors (Lipinski definition) is 3. The number of amides is 1. The monoisotopic (exact) mass is 359 g/mol. The molecule has 1 saturated heterocycles. The first kappa shape index (κ1) is 17.7. The number of carbonyl (C=O) groups excluding carboxylic acids is 1. The first-order valence-corrected chi connectivity index (χ1v) is 10.2. The fourth-order valence-corrected chi connectivity index (χ4v) is 4.79. The largest absolute Gasteiger partial charge is 0.293 e. The predicted octanol–water partition coefficient (Wildman–Crippen LogP) is 5.42. The lowest BCUT2D eigenvalue weighted by molar-refractivity contribution is -0.122. The van der Waals surface area contributed by atoms with Crippen molar-refractivity contribution in [3.05, 3.63) is 40.3 Å². The highest BCUT2D eigenvalue weighted by Crippen LogP contribution is 2.34. The standard InChI is InChI=1S/C20H25NOS2/c1-2-15-8-10-17(11-9-15)14-18-19(22)21(20(23)24-18)13-12-16-6-4-3-5-7-16/h8-11,14,16H,2-7,12-13H2,1H3/b18-14+. The van der Waals surface area contributed by atoms with Crippen LogP contribution >= 0.6 is 24.0 Å². The summed E-state index contributed by atoms with van der Waals surface area (Å²) in [7, 11) is 0. The number of thioether (sulfide) groups is 1. The molecule has 1 heterocycles. The summed E-state index contributed by atoms with van der Waals surface area (Å²) in [5, 5.41) is 0. The van der Waals surface area contributed by atoms with E-state index in [-0.39, 0.29) is 5.91 Å². The van der Waals surface area contributed by atoms with Crippen LogP contribution in [0.2, 0.25) is 0 Å². The lowest BCUT2D eigenvalue weighted by atomic mass is 9.87. The van der Waals surface area contributed by atoms with Gasteiger partial charge in [-0.05, 0) is 36.0 Å². The van der Waals surface area contributed by atoms with Gasteiger partial charge in [0, 0.05) is 6.54 Å². The Balaban J connectivity index is 1.63. The number of aryl methyl sites for hydroxylation is 1. The summed E-state index contributed by atoms with van der Waals surface area (Å²) in [6.07, 6.45) is 10.8. The zero-order valence-corrected chi connectivity index (χ0v) is 15.9. The molecule has 1 aromatic rings. The molecule has 3 rings (SSSR count). The fourth-order valence-electron chi connectivity index (χ4n) is 3.48. The summed E-state index contributed by atoms with van der Waals surface area (Å²) in [4.78, 5) is 15.2. The lowest BCUT2D eigenvalue weighted by Gasteiger charge is -2.23. The van der Waals surface area contributed by atoms with E-state index >= 15 is 0 Å². The quantitative estimate of drug-likeness (QED) is 0.517. The van der Waals surface area contributed by atoms with E-state index in [1.807, 2.05) is 6.08 Å². The van der Waals surface area contributed by atoms with Gasteiger partial charge in [0.2, 0.25) is 0 Å². The molecule has 0 unspecified atom stereocenters. The zero-order chi connectivity index (χ0) is 16.9. The average Bonchev–Trinajstić information content (AvgIpc) is 2.88. The minimum absolute atomic E-state index is 0.0837. The van der Waals surface area contributed by atoms with E-state index in [0.29, 0.717) is 4.32 Å². The van der Waals surface area contributed by atoms with Crippen molar-refractivity contribution in [1.29, 1.82) is 0 Å². The summed E-state index contributed by atoms with van der Waals surface area (Å²) in [5.41, 5.74) is 2.38. The molecular weight excluding hydrogens is 334 g/mol. The fraction of sp³-hybridized carbons (Fsp3) is 0.500. The van der Waals surface area contributed by atoms with Gasteiger partial charge >= 0.3 is 0 Å². The smallest absolute Gasteiger partial charge is 0.266 e. The number of rotatable bonds is 5. The van der Waals surface area contributed by atoms with Gasteiger partial charge in [0.1, 0.15) is 4.32 Å². The summed E-state index contributed by atoms with van der Waals surface area (Å²) >= 11 is 6.89. The second kappa shape index (κ2) is 8.30. The molecule has 1 aliphatic carbocycles. The van der Waals surface area contributed by atoms with Crippen LogP contribution in [-0.4, -0.2) is 21.7 Å². The molecule has 2 fully saturated rings. The minimum atomic E-state index is 0.0837. The first-order chi connectivity index (χ1) is 11.7. The first-order valence-electron chi connectivity index (χ1n) is 9.01. The van der Waals surface area contributed by atoms with Crippen LogP contribution < -0.4 is 0 Å². The van der Waals surface area contributed by atoms with E-state index in [2.05, 4.69) is 31.2 Å². The molecule has 0 bridgehead atoms. The van der Waals surface area contributed by atoms with Gasteiger partial charge in [0.25, 0.3) is 5.91 Å². The van der Waals surface area contributed by atoms with E-state index in [9.17, 15) is 4.79 Å². The third-order valence-electron chi connectivity index (χ3n) is 5.05. The maximum atomic E-state index is 12.7. The summed E-state index contributed by atoms with van der Waals surface area (Å²) in [6.45, 7) is 2.92. The minimum Gasteiger partial charge on any atom is -0.293 e. The van der Waals surface area contributed by atoms with Crippen molar-refractivity contribution < 1.29 is 4.79 Å². The van der Waals surface area contributed by atoms with Crippen LogP contribution in [0.1, 0.15) is 56.6 Å². The van der Waals surface area contributed by atoms with E-state index in [1.165, 1.54) is 49.4 Å². The number of hydrogen-bond donors (Lipinski definition) is 0. The number of benzene rings is 1. The van der Waals surface area contributed by atoms with Crippen LogP contribution in [0.5, 0.6) is 0 Å². The molecule has 0 radical (unpaired) electrons. The molecule has 1 aromatic carbocycles. The van der Waals surface area contributed by atoms with Crippen molar-refractivity contribution in [3.8, 4) is 0 Å². The van der Waals surface area contributed by atoms with E-state index in [0.717, 1.165) is 35.8 Å². The van der Waals surface area contributed by atoms with Gasteiger partial charge in [0.15, 0.2) is 0 Å². The van der Waals surface area contributed by atoms with Crippen LogP contribution in [0.25, 0.3) is 6.08 Å². The highest BCUT2D eigenvalue weighted by Gasteiger charge is 2.32. The van der Waals surface area contributed by atoms with Gasteiger partial charge in [0.05, 0.1) is 4.91 Å². The van der Waals surface area contributed by atoms with Gasteiger partial charge in [-0.1, -0.05) is 87.3 Å². The molecular formula is C20H25NOS2. The van der Waals surface area contributed by atoms with Gasteiger partial charge in [-0.2, -0.15) is 0 Å². The molecule has 2 aliphatic rings. The lowest BCUT2D eigenvalue weighted by Crippen LogP contribution is -2.30. The highest BCUT2D eigenvalue weighted by atomic mass is 32.2. The van der Waals surface area contributed by atoms with Crippen molar-refractivity contribution in [3.63, 3.8) is 0 Å². The molecule has 0 atom stereocenters. The molecule has 1 aliphatic heterocycles. The summed E-state index contributed by atoms with van der Waals surface area (Å²) < 4.78 is 0.715. The molecule has 1 amide bonds. The number of thiocarbonyl (C=S) groups is 1. The Bertz CT molecular complexity index is 630. The zero-order valence-electron chi connectivity index (χ0n) is 14.3. The van der Waals surface area contributed by atoms with Gasteiger partial charge in [-0.25, -0.2) is 0 Å². The molecule has 2 nitrogen and oxygen atoms in total. The molecule has 0 aromatic heterocycles. The third kappa shape index (κ3) is 4.28. The predicted molar refractivity (Wildman–Crippen MR) is 107 cm³/mol. The molecule has 1 saturated carbocycles. The Morgan fingerprint density at radius 3 is 2.58 bits per heavy atom. The molecule has 0 N–H and O–H groups in total. The number of carbonyl (C=O) groups is 1. The average molecular weight is 360 g/mol. The molecule has 0 spiro atoms. The van der Waals surface area contributed by atoms with Crippen molar-refractivity contribution >= 4 is 40.3 Å². The van der Waals surface area contributed by atoms with Crippen molar-refractivity contribution in [1.82, 2.24) is 4.90 Å². The summed E-state index contributed by atoms with van der Waals surface area (Å²) in [6, 6.07) is 8.39. The topological polar surface area (TPSA) is 20.3 Å². The molecule has 128 valence electrons.